The molecule has 0 aliphatic carbocycles. The lowest BCUT2D eigenvalue weighted by Gasteiger charge is -2.09. The summed E-state index contributed by atoms with van der Waals surface area (Å²) in [5, 5.41) is 3.90. The summed E-state index contributed by atoms with van der Waals surface area (Å²) in [6, 6.07) is 7.40. The third-order valence-electron chi connectivity index (χ3n) is 2.67. The highest BCUT2D eigenvalue weighted by atomic mass is 16.5. The number of hydrogen-bond donors (Lipinski definition) is 1. The van der Waals surface area contributed by atoms with E-state index in [1.165, 1.54) is 0 Å². The molecule has 1 unspecified atom stereocenters. The van der Waals surface area contributed by atoms with Crippen LogP contribution in [0.5, 0.6) is 5.75 Å². The van der Waals surface area contributed by atoms with Crippen molar-refractivity contribution in [1.29, 1.82) is 0 Å². The first-order valence-electron chi connectivity index (χ1n) is 6.46. The van der Waals surface area contributed by atoms with Crippen LogP contribution in [-0.2, 0) is 0 Å². The van der Waals surface area contributed by atoms with Gasteiger partial charge in [-0.3, -0.25) is 0 Å². The van der Waals surface area contributed by atoms with Gasteiger partial charge >= 0.3 is 0 Å². The zero-order valence-corrected chi connectivity index (χ0v) is 11.5. The molecule has 0 spiro atoms. The lowest BCUT2D eigenvalue weighted by molar-refractivity contribution is 0.242. The molecule has 1 heterocycles. The molecule has 2 rings (SSSR count). The summed E-state index contributed by atoms with van der Waals surface area (Å²) < 4.78 is 10.9. The molecule has 1 aromatic heterocycles. The minimum absolute atomic E-state index is 0.127. The van der Waals surface area contributed by atoms with Gasteiger partial charge in [0, 0.05) is 5.56 Å². The Labute approximate surface area is 112 Å². The van der Waals surface area contributed by atoms with E-state index in [4.69, 9.17) is 15.0 Å². The van der Waals surface area contributed by atoms with Crippen LogP contribution in [0.3, 0.4) is 0 Å². The maximum absolute atomic E-state index is 5.87. The fourth-order valence-corrected chi connectivity index (χ4v) is 1.66. The van der Waals surface area contributed by atoms with Gasteiger partial charge < -0.3 is 15.0 Å². The average molecular weight is 261 g/mol. The van der Waals surface area contributed by atoms with Crippen molar-refractivity contribution in [2.75, 3.05) is 0 Å². The molecule has 0 fully saturated rings. The number of hydrogen-bond acceptors (Lipinski definition) is 5. The molecule has 0 saturated carbocycles. The van der Waals surface area contributed by atoms with Crippen molar-refractivity contribution in [3.63, 3.8) is 0 Å². The third kappa shape index (κ3) is 3.32. The molecule has 0 aliphatic rings. The zero-order chi connectivity index (χ0) is 13.8. The highest BCUT2D eigenvalue weighted by molar-refractivity contribution is 5.55. The number of ether oxygens (including phenoxy) is 1. The van der Waals surface area contributed by atoms with E-state index in [1.54, 1.807) is 0 Å². The molecule has 0 radical (unpaired) electrons. The van der Waals surface area contributed by atoms with E-state index in [0.29, 0.717) is 11.7 Å². The standard InChI is InChI=1S/C14H19N3O2/c1-4-12(15)13-16-14(19-17-13)10-6-5-7-11(8-10)18-9(2)3/h5-9,12H,4,15H2,1-3H3. The summed E-state index contributed by atoms with van der Waals surface area (Å²) in [5.41, 5.74) is 6.71. The van der Waals surface area contributed by atoms with E-state index in [-0.39, 0.29) is 12.1 Å². The van der Waals surface area contributed by atoms with Gasteiger partial charge in [-0.05, 0) is 38.5 Å². The van der Waals surface area contributed by atoms with E-state index in [9.17, 15) is 0 Å². The molecule has 0 saturated heterocycles. The lowest BCUT2D eigenvalue weighted by atomic mass is 10.2. The molecule has 0 aliphatic heterocycles. The molecule has 5 nitrogen and oxygen atoms in total. The molecule has 5 heteroatoms. The normalized spacial score (nSPS) is 12.7. The number of aromatic nitrogens is 2. The second-order valence-corrected chi connectivity index (χ2v) is 4.67. The highest BCUT2D eigenvalue weighted by Crippen LogP contribution is 2.24. The summed E-state index contributed by atoms with van der Waals surface area (Å²) in [6.45, 7) is 5.95. The topological polar surface area (TPSA) is 74.2 Å². The number of rotatable bonds is 5. The first kappa shape index (κ1) is 13.5. The van der Waals surface area contributed by atoms with Crippen LogP contribution in [0.1, 0.15) is 39.1 Å². The van der Waals surface area contributed by atoms with Crippen LogP contribution in [0, 0.1) is 0 Å². The van der Waals surface area contributed by atoms with Gasteiger partial charge in [0.1, 0.15) is 5.75 Å². The lowest BCUT2D eigenvalue weighted by Crippen LogP contribution is -2.10. The summed E-state index contributed by atoms with van der Waals surface area (Å²) >= 11 is 0. The molecule has 0 bridgehead atoms. The first-order chi connectivity index (χ1) is 9.10. The van der Waals surface area contributed by atoms with Gasteiger partial charge in [0.15, 0.2) is 5.82 Å². The number of benzene rings is 1. The van der Waals surface area contributed by atoms with Gasteiger partial charge in [0.2, 0.25) is 0 Å². The van der Waals surface area contributed by atoms with E-state index in [2.05, 4.69) is 10.1 Å². The quantitative estimate of drug-likeness (QED) is 0.895. The average Bonchev–Trinajstić information content (AvgIpc) is 2.87. The van der Waals surface area contributed by atoms with Crippen LogP contribution in [0.15, 0.2) is 28.8 Å². The zero-order valence-electron chi connectivity index (χ0n) is 11.5. The van der Waals surface area contributed by atoms with Crippen LogP contribution in [-0.4, -0.2) is 16.2 Å². The second-order valence-electron chi connectivity index (χ2n) is 4.67. The molecule has 1 aromatic carbocycles. The summed E-state index contributed by atoms with van der Waals surface area (Å²) in [6.07, 6.45) is 0.900. The highest BCUT2D eigenvalue weighted by Gasteiger charge is 2.14. The molecule has 19 heavy (non-hydrogen) atoms. The molecule has 2 N–H and O–H groups in total. The summed E-state index contributed by atoms with van der Waals surface area (Å²) in [4.78, 5) is 4.31. The molecular formula is C14H19N3O2. The molecule has 2 aromatic rings. The Morgan fingerprint density at radius 3 is 2.84 bits per heavy atom. The van der Waals surface area contributed by atoms with Crippen molar-refractivity contribution in [1.82, 2.24) is 10.1 Å². The Hall–Kier alpha value is -1.88. The maximum Gasteiger partial charge on any atom is 0.258 e. The van der Waals surface area contributed by atoms with Gasteiger partial charge in [-0.1, -0.05) is 18.1 Å². The van der Waals surface area contributed by atoms with Crippen LogP contribution in [0.25, 0.3) is 11.5 Å². The van der Waals surface area contributed by atoms with Crippen molar-refractivity contribution in [3.05, 3.63) is 30.1 Å². The predicted molar refractivity (Wildman–Crippen MR) is 72.7 cm³/mol. The van der Waals surface area contributed by atoms with Crippen LogP contribution < -0.4 is 10.5 Å². The van der Waals surface area contributed by atoms with Crippen molar-refractivity contribution in [3.8, 4) is 17.2 Å². The van der Waals surface area contributed by atoms with E-state index in [1.807, 2.05) is 45.0 Å². The fraction of sp³-hybridized carbons (Fsp3) is 0.429. The van der Waals surface area contributed by atoms with Gasteiger partial charge in [0.25, 0.3) is 5.89 Å². The fourth-order valence-electron chi connectivity index (χ4n) is 1.66. The van der Waals surface area contributed by atoms with Crippen LogP contribution in [0.4, 0.5) is 0 Å². The third-order valence-corrected chi connectivity index (χ3v) is 2.67. The van der Waals surface area contributed by atoms with Gasteiger partial charge in [-0.15, -0.1) is 0 Å². The Morgan fingerprint density at radius 2 is 2.16 bits per heavy atom. The van der Waals surface area contributed by atoms with Gasteiger partial charge in [-0.2, -0.15) is 4.98 Å². The SMILES string of the molecule is CCC(N)c1noc(-c2cccc(OC(C)C)c2)n1. The molecule has 102 valence electrons. The van der Waals surface area contributed by atoms with Crippen LogP contribution >= 0.6 is 0 Å². The Kier molecular flexibility index (Phi) is 4.16. The number of nitrogens with two attached hydrogens (primary N) is 1. The second kappa shape index (κ2) is 5.84. The largest absolute Gasteiger partial charge is 0.491 e. The minimum Gasteiger partial charge on any atom is -0.491 e. The van der Waals surface area contributed by atoms with Crippen molar-refractivity contribution in [2.24, 2.45) is 5.73 Å². The monoisotopic (exact) mass is 261 g/mol. The number of nitrogens with zero attached hydrogens (tertiary/aromatic N) is 2. The maximum atomic E-state index is 5.87. The Morgan fingerprint density at radius 1 is 1.37 bits per heavy atom. The predicted octanol–water partition coefficient (Wildman–Crippen LogP) is 2.93. The molecule has 0 amide bonds. The van der Waals surface area contributed by atoms with E-state index in [0.717, 1.165) is 17.7 Å². The van der Waals surface area contributed by atoms with Gasteiger partial charge in [-0.25, -0.2) is 0 Å². The first-order valence-corrected chi connectivity index (χ1v) is 6.46. The Bertz CT molecular complexity index is 537. The minimum atomic E-state index is -0.187. The van der Waals surface area contributed by atoms with Crippen molar-refractivity contribution in [2.45, 2.75) is 39.3 Å². The smallest absolute Gasteiger partial charge is 0.258 e. The van der Waals surface area contributed by atoms with Crippen molar-refractivity contribution >= 4 is 0 Å². The summed E-state index contributed by atoms with van der Waals surface area (Å²) in [7, 11) is 0. The molecule has 1 atom stereocenters. The van der Waals surface area contributed by atoms with Crippen molar-refractivity contribution < 1.29 is 9.26 Å². The van der Waals surface area contributed by atoms with Gasteiger partial charge in [0.05, 0.1) is 12.1 Å². The molecular weight excluding hydrogens is 242 g/mol. The Balaban J connectivity index is 2.24. The van der Waals surface area contributed by atoms with E-state index >= 15 is 0 Å². The van der Waals surface area contributed by atoms with E-state index < -0.39 is 0 Å². The summed E-state index contributed by atoms with van der Waals surface area (Å²) in [5.74, 6) is 1.79. The van der Waals surface area contributed by atoms with Crippen LogP contribution in [0.2, 0.25) is 0 Å².